The summed E-state index contributed by atoms with van der Waals surface area (Å²) in [4.78, 5) is 14.4. The van der Waals surface area contributed by atoms with Crippen molar-refractivity contribution >= 4 is 17.7 Å². The van der Waals surface area contributed by atoms with Crippen LogP contribution in [0.15, 0.2) is 53.7 Å². The van der Waals surface area contributed by atoms with Gasteiger partial charge in [0.05, 0.1) is 5.75 Å². The molecule has 4 rings (SSSR count). The number of nitrogen functional groups attached to an aromatic ring is 1. The van der Waals surface area contributed by atoms with Crippen molar-refractivity contribution < 1.29 is 13.9 Å². The molecule has 1 aliphatic heterocycles. The molecule has 0 radical (unpaired) electrons. The lowest BCUT2D eigenvalue weighted by Crippen LogP contribution is -2.37. The van der Waals surface area contributed by atoms with E-state index in [1.165, 1.54) is 51.8 Å². The Labute approximate surface area is 171 Å². The Morgan fingerprint density at radius 3 is 2.69 bits per heavy atom. The minimum Gasteiger partial charge on any atom is -0.486 e. The van der Waals surface area contributed by atoms with Crippen LogP contribution in [-0.2, 0) is 24.4 Å². The van der Waals surface area contributed by atoms with Crippen LogP contribution in [-0.4, -0.2) is 38.0 Å². The first-order valence-corrected chi connectivity index (χ1v) is 10.1. The zero-order chi connectivity index (χ0) is 20.2. The van der Waals surface area contributed by atoms with Crippen LogP contribution in [0.4, 0.5) is 4.39 Å². The van der Waals surface area contributed by atoms with Gasteiger partial charge in [0.1, 0.15) is 18.2 Å². The number of nitrogens with zero attached hydrogens (tertiary/aromatic N) is 4. The standard InChI is InChI=1S/C20H20FN5O2S/c21-16-5-7-17(8-6-16)28-12-18-23-24-20(26(18)22)29-13-19(27)25-10-9-14-3-1-2-4-15(14)11-25/h1-8H,9-13,22H2. The predicted molar refractivity (Wildman–Crippen MR) is 107 cm³/mol. The van der Waals surface area contributed by atoms with Gasteiger partial charge in [0.15, 0.2) is 5.82 Å². The van der Waals surface area contributed by atoms with Gasteiger partial charge in [0.2, 0.25) is 11.1 Å². The number of fused-ring (bicyclic) bond motifs is 1. The molecular weight excluding hydrogens is 393 g/mol. The molecular formula is C20H20FN5O2S. The van der Waals surface area contributed by atoms with Crippen LogP contribution in [0.5, 0.6) is 5.75 Å². The lowest BCUT2D eigenvalue weighted by molar-refractivity contribution is -0.129. The lowest BCUT2D eigenvalue weighted by atomic mass is 10.00. The first-order valence-electron chi connectivity index (χ1n) is 9.15. The summed E-state index contributed by atoms with van der Waals surface area (Å²) in [6.45, 7) is 1.43. The van der Waals surface area contributed by atoms with E-state index in [4.69, 9.17) is 10.6 Å². The average Bonchev–Trinajstić information content (AvgIpc) is 3.10. The number of aromatic nitrogens is 3. The van der Waals surface area contributed by atoms with Crippen molar-refractivity contribution in [1.29, 1.82) is 0 Å². The summed E-state index contributed by atoms with van der Waals surface area (Å²) >= 11 is 1.24. The maximum Gasteiger partial charge on any atom is 0.233 e. The van der Waals surface area contributed by atoms with Gasteiger partial charge in [-0.1, -0.05) is 36.0 Å². The number of amides is 1. The molecule has 9 heteroatoms. The highest BCUT2D eigenvalue weighted by Crippen LogP contribution is 2.21. The molecule has 1 aliphatic rings. The van der Waals surface area contributed by atoms with Crippen molar-refractivity contribution in [3.8, 4) is 5.75 Å². The molecule has 1 aromatic heterocycles. The highest BCUT2D eigenvalue weighted by Gasteiger charge is 2.21. The molecule has 3 aromatic rings. The van der Waals surface area contributed by atoms with Crippen LogP contribution in [0.2, 0.25) is 0 Å². The van der Waals surface area contributed by atoms with Crippen molar-refractivity contribution in [2.75, 3.05) is 18.1 Å². The summed E-state index contributed by atoms with van der Waals surface area (Å²) in [6, 6.07) is 13.9. The van der Waals surface area contributed by atoms with Crippen LogP contribution in [0, 0.1) is 5.82 Å². The first kappa shape index (κ1) is 19.3. The van der Waals surface area contributed by atoms with Gasteiger partial charge in [-0.05, 0) is 41.8 Å². The molecule has 29 heavy (non-hydrogen) atoms. The molecule has 0 saturated carbocycles. The molecule has 2 N–H and O–H groups in total. The molecule has 0 aliphatic carbocycles. The van der Waals surface area contributed by atoms with E-state index in [9.17, 15) is 9.18 Å². The Bertz CT molecular complexity index is 1010. The molecule has 0 unspecified atom stereocenters. The molecule has 2 aromatic carbocycles. The maximum absolute atomic E-state index is 12.9. The molecule has 0 bridgehead atoms. The number of hydrogen-bond donors (Lipinski definition) is 1. The minimum absolute atomic E-state index is 0.0385. The Kier molecular flexibility index (Phi) is 5.66. The van der Waals surface area contributed by atoms with Crippen molar-refractivity contribution in [2.24, 2.45) is 0 Å². The van der Waals surface area contributed by atoms with Gasteiger partial charge < -0.3 is 15.5 Å². The number of hydrogen-bond acceptors (Lipinski definition) is 6. The van der Waals surface area contributed by atoms with Crippen LogP contribution in [0.25, 0.3) is 0 Å². The third-order valence-corrected chi connectivity index (χ3v) is 5.65. The van der Waals surface area contributed by atoms with Crippen molar-refractivity contribution in [1.82, 2.24) is 19.8 Å². The second-order valence-corrected chi connectivity index (χ2v) is 7.58. The van der Waals surface area contributed by atoms with Gasteiger partial charge in [-0.2, -0.15) is 0 Å². The smallest absolute Gasteiger partial charge is 0.233 e. The Morgan fingerprint density at radius 1 is 1.14 bits per heavy atom. The summed E-state index contributed by atoms with van der Waals surface area (Å²) in [6.07, 6.45) is 0.866. The van der Waals surface area contributed by atoms with E-state index in [0.717, 1.165) is 6.42 Å². The number of carbonyl (C=O) groups excluding carboxylic acids is 1. The van der Waals surface area contributed by atoms with E-state index in [2.05, 4.69) is 22.3 Å². The second-order valence-electron chi connectivity index (χ2n) is 6.63. The minimum atomic E-state index is -0.333. The fourth-order valence-electron chi connectivity index (χ4n) is 3.11. The lowest BCUT2D eigenvalue weighted by Gasteiger charge is -2.28. The largest absolute Gasteiger partial charge is 0.486 e. The number of halogens is 1. The molecule has 1 amide bonds. The van der Waals surface area contributed by atoms with Gasteiger partial charge in [-0.25, -0.2) is 9.07 Å². The monoisotopic (exact) mass is 413 g/mol. The van der Waals surface area contributed by atoms with E-state index < -0.39 is 0 Å². The predicted octanol–water partition coefficient (Wildman–Crippen LogP) is 2.39. The molecule has 150 valence electrons. The van der Waals surface area contributed by atoms with E-state index in [-0.39, 0.29) is 24.1 Å². The number of nitrogens with two attached hydrogens (primary N) is 1. The molecule has 0 atom stereocenters. The number of thioether (sulfide) groups is 1. The number of rotatable bonds is 6. The topological polar surface area (TPSA) is 86.3 Å². The summed E-state index contributed by atoms with van der Waals surface area (Å²) in [5.41, 5.74) is 2.50. The Hall–Kier alpha value is -3.07. The van der Waals surface area contributed by atoms with E-state index in [1.54, 1.807) is 0 Å². The molecule has 0 fully saturated rings. The first-order chi connectivity index (χ1) is 14.1. The molecule has 7 nitrogen and oxygen atoms in total. The van der Waals surface area contributed by atoms with Crippen molar-refractivity contribution in [3.05, 3.63) is 71.3 Å². The fourth-order valence-corrected chi connectivity index (χ4v) is 3.89. The van der Waals surface area contributed by atoms with Gasteiger partial charge in [-0.15, -0.1) is 10.2 Å². The molecule has 2 heterocycles. The number of carbonyl (C=O) groups is 1. The van der Waals surface area contributed by atoms with Gasteiger partial charge in [0.25, 0.3) is 0 Å². The van der Waals surface area contributed by atoms with Crippen LogP contribution in [0.3, 0.4) is 0 Å². The SMILES string of the molecule is Nn1c(COc2ccc(F)cc2)nnc1SCC(=O)N1CCc2ccccc2C1. The average molecular weight is 413 g/mol. The van der Waals surface area contributed by atoms with Crippen molar-refractivity contribution in [2.45, 2.75) is 24.7 Å². The summed E-state index contributed by atoms with van der Waals surface area (Å²) in [5, 5.41) is 8.49. The number of ether oxygens (including phenoxy) is 1. The molecule has 0 saturated heterocycles. The fraction of sp³-hybridized carbons (Fsp3) is 0.250. The Morgan fingerprint density at radius 2 is 1.90 bits per heavy atom. The van der Waals surface area contributed by atoms with E-state index in [0.29, 0.717) is 29.8 Å². The summed E-state index contributed by atoms with van der Waals surface area (Å²) in [5.74, 6) is 6.88. The normalized spacial score (nSPS) is 13.2. The van der Waals surface area contributed by atoms with E-state index in [1.807, 2.05) is 17.0 Å². The zero-order valence-electron chi connectivity index (χ0n) is 15.6. The Balaban J connectivity index is 1.31. The van der Waals surface area contributed by atoms with Crippen LogP contribution in [0.1, 0.15) is 17.0 Å². The summed E-state index contributed by atoms with van der Waals surface area (Å²) in [7, 11) is 0. The highest BCUT2D eigenvalue weighted by atomic mass is 32.2. The third-order valence-electron chi connectivity index (χ3n) is 4.72. The van der Waals surface area contributed by atoms with Crippen LogP contribution >= 0.6 is 11.8 Å². The van der Waals surface area contributed by atoms with Crippen LogP contribution < -0.4 is 10.6 Å². The van der Waals surface area contributed by atoms with Crippen molar-refractivity contribution in [3.63, 3.8) is 0 Å². The third kappa shape index (κ3) is 4.51. The number of benzene rings is 2. The van der Waals surface area contributed by atoms with Gasteiger partial charge >= 0.3 is 0 Å². The summed E-state index contributed by atoms with van der Waals surface area (Å²) < 4.78 is 19.8. The molecule has 0 spiro atoms. The second kappa shape index (κ2) is 8.52. The zero-order valence-corrected chi connectivity index (χ0v) is 16.4. The van der Waals surface area contributed by atoms with Gasteiger partial charge in [0, 0.05) is 13.1 Å². The highest BCUT2D eigenvalue weighted by molar-refractivity contribution is 7.99. The van der Waals surface area contributed by atoms with Gasteiger partial charge in [-0.3, -0.25) is 4.79 Å². The van der Waals surface area contributed by atoms with E-state index >= 15 is 0 Å². The maximum atomic E-state index is 12.9. The quantitative estimate of drug-likeness (QED) is 0.493.